The number of para-hydroxylation sites is 1. The van der Waals surface area contributed by atoms with Gasteiger partial charge in [-0.15, -0.1) is 0 Å². The number of phenols is 1. The molecule has 0 heterocycles. The number of anilines is 1. The molecule has 5 nitrogen and oxygen atoms in total. The second kappa shape index (κ2) is 5.18. The Morgan fingerprint density at radius 1 is 1.44 bits per heavy atom. The maximum absolute atomic E-state index is 11.5. The van der Waals surface area contributed by atoms with Crippen molar-refractivity contribution >= 4 is 15.7 Å². The van der Waals surface area contributed by atoms with Gasteiger partial charge in [-0.05, 0) is 18.6 Å². The summed E-state index contributed by atoms with van der Waals surface area (Å²) >= 11 is 0. The smallest absolute Gasteiger partial charge is 0.235 e. The van der Waals surface area contributed by atoms with Gasteiger partial charge in [0.1, 0.15) is 5.75 Å². The largest absolute Gasteiger partial charge is 0.505 e. The zero-order chi connectivity index (χ0) is 12.2. The van der Waals surface area contributed by atoms with Gasteiger partial charge in [0.2, 0.25) is 10.0 Å². The SMILES string of the molecule is COCCS(=O)(=O)Nc1cccc(C)c1O. The Kier molecular flexibility index (Phi) is 4.14. The van der Waals surface area contributed by atoms with E-state index in [9.17, 15) is 13.5 Å². The summed E-state index contributed by atoms with van der Waals surface area (Å²) in [6.07, 6.45) is 0. The van der Waals surface area contributed by atoms with Crippen LogP contribution in [0.5, 0.6) is 5.75 Å². The molecular weight excluding hydrogens is 230 g/mol. The van der Waals surface area contributed by atoms with E-state index in [1.165, 1.54) is 13.2 Å². The van der Waals surface area contributed by atoms with Crippen LogP contribution >= 0.6 is 0 Å². The van der Waals surface area contributed by atoms with Gasteiger partial charge in [0.25, 0.3) is 0 Å². The van der Waals surface area contributed by atoms with E-state index in [4.69, 9.17) is 0 Å². The minimum absolute atomic E-state index is 0.0523. The van der Waals surface area contributed by atoms with Crippen LogP contribution in [0.3, 0.4) is 0 Å². The Labute approximate surface area is 95.1 Å². The molecule has 0 atom stereocenters. The van der Waals surface area contributed by atoms with E-state index in [1.807, 2.05) is 0 Å². The van der Waals surface area contributed by atoms with E-state index < -0.39 is 10.0 Å². The summed E-state index contributed by atoms with van der Waals surface area (Å²) in [7, 11) is -2.04. The van der Waals surface area contributed by atoms with Crippen LogP contribution in [-0.2, 0) is 14.8 Å². The van der Waals surface area contributed by atoms with Gasteiger partial charge in [-0.1, -0.05) is 12.1 Å². The molecule has 90 valence electrons. The fraction of sp³-hybridized carbons (Fsp3) is 0.400. The van der Waals surface area contributed by atoms with Gasteiger partial charge in [0, 0.05) is 7.11 Å². The quantitative estimate of drug-likeness (QED) is 0.761. The molecular formula is C10H15NO4S. The molecule has 1 aromatic rings. The lowest BCUT2D eigenvalue weighted by Gasteiger charge is -2.10. The minimum atomic E-state index is -3.47. The predicted molar refractivity (Wildman–Crippen MR) is 62.1 cm³/mol. The van der Waals surface area contributed by atoms with E-state index in [1.54, 1.807) is 19.1 Å². The number of sulfonamides is 1. The lowest BCUT2D eigenvalue weighted by atomic mass is 10.2. The maximum Gasteiger partial charge on any atom is 0.235 e. The molecule has 0 aliphatic rings. The van der Waals surface area contributed by atoms with Crippen LogP contribution in [0.2, 0.25) is 0 Å². The van der Waals surface area contributed by atoms with E-state index in [0.717, 1.165) is 0 Å². The van der Waals surface area contributed by atoms with Crippen LogP contribution in [0, 0.1) is 6.92 Å². The first kappa shape index (κ1) is 12.8. The zero-order valence-corrected chi connectivity index (χ0v) is 10.0. The average molecular weight is 245 g/mol. The Morgan fingerprint density at radius 3 is 2.75 bits per heavy atom. The van der Waals surface area contributed by atoms with Crippen LogP contribution in [0.1, 0.15) is 5.56 Å². The van der Waals surface area contributed by atoms with Crippen molar-refractivity contribution in [1.82, 2.24) is 0 Å². The minimum Gasteiger partial charge on any atom is -0.505 e. The lowest BCUT2D eigenvalue weighted by Crippen LogP contribution is -2.19. The molecule has 16 heavy (non-hydrogen) atoms. The van der Waals surface area contributed by atoms with Gasteiger partial charge in [0.05, 0.1) is 18.0 Å². The van der Waals surface area contributed by atoms with E-state index in [0.29, 0.717) is 5.56 Å². The summed E-state index contributed by atoms with van der Waals surface area (Å²) in [6.45, 7) is 1.81. The molecule has 0 fully saturated rings. The van der Waals surface area contributed by atoms with Crippen LogP contribution in [-0.4, -0.2) is 33.0 Å². The number of ether oxygens (including phenoxy) is 1. The number of aryl methyl sites for hydroxylation is 1. The van der Waals surface area contributed by atoms with Crippen LogP contribution in [0.4, 0.5) is 5.69 Å². The number of hydrogen-bond acceptors (Lipinski definition) is 4. The van der Waals surface area contributed by atoms with Gasteiger partial charge in [-0.3, -0.25) is 4.72 Å². The van der Waals surface area contributed by atoms with E-state index >= 15 is 0 Å². The highest BCUT2D eigenvalue weighted by Gasteiger charge is 2.13. The zero-order valence-electron chi connectivity index (χ0n) is 9.23. The molecule has 0 saturated heterocycles. The highest BCUT2D eigenvalue weighted by molar-refractivity contribution is 7.92. The molecule has 6 heteroatoms. The van der Waals surface area contributed by atoms with Crippen LogP contribution in [0.25, 0.3) is 0 Å². The summed E-state index contributed by atoms with van der Waals surface area (Å²) < 4.78 is 30.0. The first-order valence-electron chi connectivity index (χ1n) is 4.74. The molecule has 1 rings (SSSR count). The highest BCUT2D eigenvalue weighted by atomic mass is 32.2. The monoisotopic (exact) mass is 245 g/mol. The van der Waals surface area contributed by atoms with E-state index in [2.05, 4.69) is 9.46 Å². The number of methoxy groups -OCH3 is 1. The van der Waals surface area contributed by atoms with Crippen molar-refractivity contribution in [2.24, 2.45) is 0 Å². The van der Waals surface area contributed by atoms with Gasteiger partial charge in [-0.25, -0.2) is 8.42 Å². The average Bonchev–Trinajstić information content (AvgIpc) is 2.22. The number of phenolic OH excluding ortho intramolecular Hbond substituents is 1. The predicted octanol–water partition coefficient (Wildman–Crippen LogP) is 1.09. The van der Waals surface area contributed by atoms with Crippen molar-refractivity contribution in [2.45, 2.75) is 6.92 Å². The number of rotatable bonds is 5. The fourth-order valence-electron chi connectivity index (χ4n) is 1.15. The summed E-state index contributed by atoms with van der Waals surface area (Å²) in [5, 5.41) is 9.63. The Balaban J connectivity index is 2.84. The van der Waals surface area contributed by atoms with Crippen molar-refractivity contribution in [3.05, 3.63) is 23.8 Å². The van der Waals surface area contributed by atoms with Gasteiger partial charge < -0.3 is 9.84 Å². The van der Waals surface area contributed by atoms with Gasteiger partial charge in [0.15, 0.2) is 0 Å². The van der Waals surface area contributed by atoms with Crippen molar-refractivity contribution in [3.63, 3.8) is 0 Å². The molecule has 0 aliphatic heterocycles. The third-order valence-electron chi connectivity index (χ3n) is 2.06. The fourth-order valence-corrected chi connectivity index (χ4v) is 2.14. The third kappa shape index (κ3) is 3.39. The van der Waals surface area contributed by atoms with E-state index in [-0.39, 0.29) is 23.8 Å². The van der Waals surface area contributed by atoms with Crippen LogP contribution in [0.15, 0.2) is 18.2 Å². The molecule has 0 aromatic heterocycles. The molecule has 0 saturated carbocycles. The third-order valence-corrected chi connectivity index (χ3v) is 3.29. The molecule has 0 aliphatic carbocycles. The first-order chi connectivity index (χ1) is 7.46. The Morgan fingerprint density at radius 2 is 2.12 bits per heavy atom. The summed E-state index contributed by atoms with van der Waals surface area (Å²) in [6, 6.07) is 4.87. The molecule has 0 bridgehead atoms. The summed E-state index contributed by atoms with van der Waals surface area (Å²) in [4.78, 5) is 0. The summed E-state index contributed by atoms with van der Waals surface area (Å²) in [5.74, 6) is -0.194. The van der Waals surface area contributed by atoms with Gasteiger partial charge in [-0.2, -0.15) is 0 Å². The standard InChI is InChI=1S/C10H15NO4S/c1-8-4-3-5-9(10(8)12)11-16(13,14)7-6-15-2/h3-5,11-12H,6-7H2,1-2H3. The highest BCUT2D eigenvalue weighted by Crippen LogP contribution is 2.27. The lowest BCUT2D eigenvalue weighted by molar-refractivity contribution is 0.217. The van der Waals surface area contributed by atoms with Crippen molar-refractivity contribution in [1.29, 1.82) is 0 Å². The van der Waals surface area contributed by atoms with Crippen molar-refractivity contribution in [2.75, 3.05) is 24.2 Å². The number of hydrogen-bond donors (Lipinski definition) is 2. The molecule has 0 unspecified atom stereocenters. The number of aromatic hydroxyl groups is 1. The Hall–Kier alpha value is -1.27. The van der Waals surface area contributed by atoms with Crippen LogP contribution < -0.4 is 4.72 Å². The Bertz CT molecular complexity index is 456. The molecule has 2 N–H and O–H groups in total. The van der Waals surface area contributed by atoms with Crippen molar-refractivity contribution < 1.29 is 18.3 Å². The molecule has 0 radical (unpaired) electrons. The van der Waals surface area contributed by atoms with Crippen molar-refractivity contribution in [3.8, 4) is 5.75 Å². The topological polar surface area (TPSA) is 75.6 Å². The number of nitrogens with one attached hydrogen (secondary N) is 1. The molecule has 0 amide bonds. The molecule has 0 spiro atoms. The molecule has 1 aromatic carbocycles. The number of benzene rings is 1. The normalized spacial score (nSPS) is 11.4. The summed E-state index contributed by atoms with van der Waals surface area (Å²) in [5.41, 5.74) is 0.808. The maximum atomic E-state index is 11.5. The van der Waals surface area contributed by atoms with Gasteiger partial charge >= 0.3 is 0 Å². The second-order valence-corrected chi connectivity index (χ2v) is 5.23. The second-order valence-electron chi connectivity index (χ2n) is 3.38. The first-order valence-corrected chi connectivity index (χ1v) is 6.39.